The van der Waals surface area contributed by atoms with Gasteiger partial charge in [0.15, 0.2) is 6.61 Å². The summed E-state index contributed by atoms with van der Waals surface area (Å²) in [6.45, 7) is 11.7. The standard InChI is InChI=1S/C20H33N3O3/c1-16-12-18(13-17(2)20(16)26-15-19(24)25-4)14-21-6-5-7-23-10-8-22(3)9-11-23/h12-13,21H,5-11,14-15H2,1-4H3. The molecule has 26 heavy (non-hydrogen) atoms. The van der Waals surface area contributed by atoms with E-state index in [1.807, 2.05) is 13.8 Å². The van der Waals surface area contributed by atoms with Crippen molar-refractivity contribution in [2.45, 2.75) is 26.8 Å². The number of carbonyl (C=O) groups excluding carboxylic acids is 1. The number of benzene rings is 1. The number of hydrogen-bond donors (Lipinski definition) is 1. The summed E-state index contributed by atoms with van der Waals surface area (Å²) in [5, 5.41) is 3.53. The second-order valence-corrected chi connectivity index (χ2v) is 7.10. The number of methoxy groups -OCH3 is 1. The maximum atomic E-state index is 11.2. The number of piperazine rings is 1. The van der Waals surface area contributed by atoms with Crippen molar-refractivity contribution in [2.75, 3.05) is 60.0 Å². The van der Waals surface area contributed by atoms with Gasteiger partial charge in [0.1, 0.15) is 5.75 Å². The summed E-state index contributed by atoms with van der Waals surface area (Å²) in [6, 6.07) is 4.24. The van der Waals surface area contributed by atoms with E-state index < -0.39 is 0 Å². The highest BCUT2D eigenvalue weighted by atomic mass is 16.6. The summed E-state index contributed by atoms with van der Waals surface area (Å²) in [6.07, 6.45) is 1.17. The molecule has 0 atom stereocenters. The van der Waals surface area contributed by atoms with Crippen LogP contribution in [0.5, 0.6) is 5.75 Å². The number of esters is 1. The first kappa shape index (κ1) is 20.7. The number of nitrogens with one attached hydrogen (secondary N) is 1. The number of nitrogens with zero attached hydrogens (tertiary/aromatic N) is 2. The summed E-state index contributed by atoms with van der Waals surface area (Å²) in [7, 11) is 3.55. The number of hydrogen-bond acceptors (Lipinski definition) is 6. The predicted octanol–water partition coefficient (Wildman–Crippen LogP) is 1.58. The molecule has 1 heterocycles. The van der Waals surface area contributed by atoms with Crippen LogP contribution in [-0.4, -0.2) is 75.8 Å². The van der Waals surface area contributed by atoms with E-state index in [9.17, 15) is 4.79 Å². The van der Waals surface area contributed by atoms with Crippen molar-refractivity contribution in [3.63, 3.8) is 0 Å². The molecule has 1 aliphatic heterocycles. The largest absolute Gasteiger partial charge is 0.481 e. The maximum Gasteiger partial charge on any atom is 0.343 e. The Morgan fingerprint density at radius 2 is 1.81 bits per heavy atom. The van der Waals surface area contributed by atoms with E-state index in [-0.39, 0.29) is 12.6 Å². The van der Waals surface area contributed by atoms with Crippen molar-refractivity contribution in [3.05, 3.63) is 28.8 Å². The molecule has 1 saturated heterocycles. The summed E-state index contributed by atoms with van der Waals surface area (Å²) in [5.74, 6) is 0.407. The van der Waals surface area contributed by atoms with Gasteiger partial charge in [0, 0.05) is 32.7 Å². The van der Waals surface area contributed by atoms with Crippen LogP contribution in [0.1, 0.15) is 23.1 Å². The average Bonchev–Trinajstić information content (AvgIpc) is 2.62. The Labute approximate surface area is 157 Å². The molecule has 0 amide bonds. The third kappa shape index (κ3) is 6.59. The summed E-state index contributed by atoms with van der Waals surface area (Å²) in [4.78, 5) is 16.2. The third-order valence-corrected chi connectivity index (χ3v) is 4.84. The molecule has 0 saturated carbocycles. The molecule has 0 radical (unpaired) electrons. The van der Waals surface area contributed by atoms with Gasteiger partial charge in [0.2, 0.25) is 0 Å². The molecule has 1 N–H and O–H groups in total. The van der Waals surface area contributed by atoms with Crippen molar-refractivity contribution in [3.8, 4) is 5.75 Å². The topological polar surface area (TPSA) is 54.0 Å². The molecule has 1 aliphatic rings. The van der Waals surface area contributed by atoms with Crippen LogP contribution in [0.25, 0.3) is 0 Å². The van der Waals surface area contributed by atoms with Gasteiger partial charge in [-0.05, 0) is 57.1 Å². The Morgan fingerprint density at radius 3 is 2.42 bits per heavy atom. The Morgan fingerprint density at radius 1 is 1.15 bits per heavy atom. The van der Waals surface area contributed by atoms with Gasteiger partial charge in [-0.25, -0.2) is 4.79 Å². The highest BCUT2D eigenvalue weighted by molar-refractivity contribution is 5.71. The van der Waals surface area contributed by atoms with Gasteiger partial charge < -0.3 is 24.6 Å². The SMILES string of the molecule is COC(=O)COc1c(C)cc(CNCCCN2CCN(C)CC2)cc1C. The van der Waals surface area contributed by atoms with Gasteiger partial charge in [-0.2, -0.15) is 0 Å². The van der Waals surface area contributed by atoms with Crippen LogP contribution in [0.2, 0.25) is 0 Å². The first-order valence-corrected chi connectivity index (χ1v) is 9.41. The highest BCUT2D eigenvalue weighted by Gasteiger charge is 2.13. The quantitative estimate of drug-likeness (QED) is 0.531. The normalized spacial score (nSPS) is 15.8. The van der Waals surface area contributed by atoms with Crippen molar-refractivity contribution in [1.29, 1.82) is 0 Å². The van der Waals surface area contributed by atoms with Crippen LogP contribution in [0.15, 0.2) is 12.1 Å². The third-order valence-electron chi connectivity index (χ3n) is 4.84. The average molecular weight is 364 g/mol. The molecule has 1 aromatic carbocycles. The van der Waals surface area contributed by atoms with E-state index in [1.165, 1.54) is 51.8 Å². The number of carbonyl (C=O) groups is 1. The minimum Gasteiger partial charge on any atom is -0.481 e. The first-order valence-electron chi connectivity index (χ1n) is 9.41. The fourth-order valence-electron chi connectivity index (χ4n) is 3.29. The zero-order chi connectivity index (χ0) is 18.9. The molecular formula is C20H33N3O3. The number of ether oxygens (including phenoxy) is 2. The van der Waals surface area contributed by atoms with Gasteiger partial charge in [0.25, 0.3) is 0 Å². The second kappa shape index (κ2) is 10.5. The van der Waals surface area contributed by atoms with E-state index >= 15 is 0 Å². The molecule has 0 unspecified atom stereocenters. The lowest BCUT2D eigenvalue weighted by molar-refractivity contribution is -0.142. The van der Waals surface area contributed by atoms with Crippen molar-refractivity contribution in [2.24, 2.45) is 0 Å². The predicted molar refractivity (Wildman–Crippen MR) is 104 cm³/mol. The molecule has 0 bridgehead atoms. The molecule has 6 nitrogen and oxygen atoms in total. The van der Waals surface area contributed by atoms with Gasteiger partial charge in [0.05, 0.1) is 7.11 Å². The summed E-state index contributed by atoms with van der Waals surface area (Å²) in [5.41, 5.74) is 3.33. The molecule has 0 aliphatic carbocycles. The molecule has 146 valence electrons. The first-order chi connectivity index (χ1) is 12.5. The second-order valence-electron chi connectivity index (χ2n) is 7.10. The van der Waals surface area contributed by atoms with E-state index in [2.05, 4.69) is 39.0 Å². The van der Waals surface area contributed by atoms with E-state index in [4.69, 9.17) is 4.74 Å². The van der Waals surface area contributed by atoms with Crippen LogP contribution >= 0.6 is 0 Å². The van der Waals surface area contributed by atoms with Crippen molar-refractivity contribution < 1.29 is 14.3 Å². The van der Waals surface area contributed by atoms with E-state index in [1.54, 1.807) is 0 Å². The molecule has 6 heteroatoms. The Kier molecular flexibility index (Phi) is 8.35. The number of rotatable bonds is 9. The zero-order valence-corrected chi connectivity index (χ0v) is 16.6. The lowest BCUT2D eigenvalue weighted by Gasteiger charge is -2.32. The van der Waals surface area contributed by atoms with Crippen LogP contribution in [0.3, 0.4) is 0 Å². The molecule has 2 rings (SSSR count). The highest BCUT2D eigenvalue weighted by Crippen LogP contribution is 2.24. The molecule has 0 aromatic heterocycles. The lowest BCUT2D eigenvalue weighted by atomic mass is 10.1. The maximum absolute atomic E-state index is 11.2. The van der Waals surface area contributed by atoms with Crippen molar-refractivity contribution >= 4 is 5.97 Å². The Balaban J connectivity index is 1.71. The van der Waals surface area contributed by atoms with Crippen LogP contribution in [0, 0.1) is 13.8 Å². The minimum atomic E-state index is -0.366. The summed E-state index contributed by atoms with van der Waals surface area (Å²) < 4.78 is 10.2. The van der Waals surface area contributed by atoms with Crippen LogP contribution in [0.4, 0.5) is 0 Å². The smallest absolute Gasteiger partial charge is 0.343 e. The number of aryl methyl sites for hydroxylation is 2. The zero-order valence-electron chi connectivity index (χ0n) is 16.6. The lowest BCUT2D eigenvalue weighted by Crippen LogP contribution is -2.45. The summed E-state index contributed by atoms with van der Waals surface area (Å²) >= 11 is 0. The van der Waals surface area contributed by atoms with Crippen LogP contribution < -0.4 is 10.1 Å². The van der Waals surface area contributed by atoms with Gasteiger partial charge in [-0.1, -0.05) is 12.1 Å². The van der Waals surface area contributed by atoms with Gasteiger partial charge >= 0.3 is 5.97 Å². The number of likely N-dealkylation sites (N-methyl/N-ethyl adjacent to an activating group) is 1. The Hall–Kier alpha value is -1.63. The fourth-order valence-corrected chi connectivity index (χ4v) is 3.29. The van der Waals surface area contributed by atoms with Gasteiger partial charge in [-0.3, -0.25) is 0 Å². The van der Waals surface area contributed by atoms with E-state index in [0.29, 0.717) is 0 Å². The van der Waals surface area contributed by atoms with Crippen LogP contribution in [-0.2, 0) is 16.1 Å². The molecule has 1 aromatic rings. The Bertz CT molecular complexity index is 561. The van der Waals surface area contributed by atoms with Crippen molar-refractivity contribution in [1.82, 2.24) is 15.1 Å². The minimum absolute atomic E-state index is 0.0535. The molecule has 1 fully saturated rings. The van der Waals surface area contributed by atoms with Gasteiger partial charge in [-0.15, -0.1) is 0 Å². The molecule has 0 spiro atoms. The fraction of sp³-hybridized carbons (Fsp3) is 0.650. The molecular weight excluding hydrogens is 330 g/mol. The van der Waals surface area contributed by atoms with E-state index in [0.717, 1.165) is 30.0 Å². The monoisotopic (exact) mass is 363 g/mol.